The summed E-state index contributed by atoms with van der Waals surface area (Å²) in [5, 5.41) is 9.22. The van der Waals surface area contributed by atoms with Crippen molar-refractivity contribution in [3.63, 3.8) is 0 Å². The minimum absolute atomic E-state index is 0.0781. The summed E-state index contributed by atoms with van der Waals surface area (Å²) in [4.78, 5) is 11.2. The number of aliphatic carboxylic acids is 1. The van der Waals surface area contributed by atoms with Gasteiger partial charge in [0.05, 0.1) is 5.41 Å². The van der Waals surface area contributed by atoms with Crippen LogP contribution < -0.4 is 0 Å². The Balaban J connectivity index is 2.26. The van der Waals surface area contributed by atoms with Gasteiger partial charge in [0.1, 0.15) is 5.82 Å². The second kappa shape index (κ2) is 4.13. The predicted molar refractivity (Wildman–Crippen MR) is 63.3 cm³/mol. The van der Waals surface area contributed by atoms with E-state index in [0.29, 0.717) is 6.42 Å². The number of halogens is 1. The van der Waals surface area contributed by atoms with Crippen LogP contribution >= 0.6 is 0 Å². The van der Waals surface area contributed by atoms with Crippen molar-refractivity contribution in [2.75, 3.05) is 0 Å². The zero-order valence-corrected chi connectivity index (χ0v) is 10.2. The van der Waals surface area contributed by atoms with Crippen molar-refractivity contribution in [3.8, 4) is 0 Å². The number of carbonyl (C=O) groups is 1. The highest BCUT2D eigenvalue weighted by Gasteiger charge is 2.38. The van der Waals surface area contributed by atoms with Crippen LogP contribution in [-0.4, -0.2) is 11.1 Å². The minimum atomic E-state index is -0.776. The molecular weight excluding hydrogens is 219 g/mol. The molecule has 0 aromatic heterocycles. The summed E-state index contributed by atoms with van der Waals surface area (Å²) in [6.07, 6.45) is 2.36. The number of hydrogen-bond donors (Lipinski definition) is 1. The molecule has 1 aliphatic rings. The first-order chi connectivity index (χ1) is 7.91. The fraction of sp³-hybridized carbons (Fsp3) is 0.500. The lowest BCUT2D eigenvalue weighted by molar-refractivity contribution is -0.150. The Morgan fingerprint density at radius 1 is 1.41 bits per heavy atom. The number of carboxylic acids is 1. The SMILES string of the molecule is CC(C)(C(=O)O)C1CCc2ccc(F)cc2C1. The van der Waals surface area contributed by atoms with E-state index in [-0.39, 0.29) is 11.7 Å². The van der Waals surface area contributed by atoms with Gasteiger partial charge in [0, 0.05) is 0 Å². The van der Waals surface area contributed by atoms with E-state index in [1.807, 2.05) is 6.07 Å². The fourth-order valence-electron chi connectivity index (χ4n) is 2.52. The monoisotopic (exact) mass is 236 g/mol. The molecule has 1 aliphatic carbocycles. The summed E-state index contributed by atoms with van der Waals surface area (Å²) < 4.78 is 13.2. The highest BCUT2D eigenvalue weighted by atomic mass is 19.1. The molecule has 0 radical (unpaired) electrons. The highest BCUT2D eigenvalue weighted by molar-refractivity contribution is 5.74. The van der Waals surface area contributed by atoms with Gasteiger partial charge in [0.15, 0.2) is 0 Å². The molecule has 0 fully saturated rings. The summed E-state index contributed by atoms with van der Waals surface area (Å²) in [6.45, 7) is 3.51. The smallest absolute Gasteiger partial charge is 0.309 e. The van der Waals surface area contributed by atoms with E-state index >= 15 is 0 Å². The zero-order chi connectivity index (χ0) is 12.6. The second-order valence-electron chi connectivity index (χ2n) is 5.38. The summed E-state index contributed by atoms with van der Waals surface area (Å²) in [5.74, 6) is -0.936. The first-order valence-corrected chi connectivity index (χ1v) is 5.92. The number of rotatable bonds is 2. The minimum Gasteiger partial charge on any atom is -0.481 e. The maximum absolute atomic E-state index is 13.2. The predicted octanol–water partition coefficient (Wildman–Crippen LogP) is 3.04. The molecular formula is C14H17FO2. The maximum Gasteiger partial charge on any atom is 0.309 e. The molecule has 0 aliphatic heterocycles. The molecule has 1 aromatic carbocycles. The number of benzene rings is 1. The van der Waals surface area contributed by atoms with Gasteiger partial charge in [-0.15, -0.1) is 0 Å². The molecule has 2 nitrogen and oxygen atoms in total. The van der Waals surface area contributed by atoms with Crippen LogP contribution in [-0.2, 0) is 17.6 Å². The Hall–Kier alpha value is -1.38. The van der Waals surface area contributed by atoms with Crippen LogP contribution in [0.2, 0.25) is 0 Å². The number of carboxylic acid groups (broad SMARTS) is 1. The molecule has 92 valence electrons. The number of fused-ring (bicyclic) bond motifs is 1. The van der Waals surface area contributed by atoms with Crippen molar-refractivity contribution in [3.05, 3.63) is 35.1 Å². The van der Waals surface area contributed by atoms with E-state index in [1.54, 1.807) is 19.9 Å². The number of hydrogen-bond acceptors (Lipinski definition) is 1. The van der Waals surface area contributed by atoms with Gasteiger partial charge in [-0.2, -0.15) is 0 Å². The maximum atomic E-state index is 13.2. The van der Waals surface area contributed by atoms with Crippen LogP contribution in [0.15, 0.2) is 18.2 Å². The van der Waals surface area contributed by atoms with Crippen LogP contribution in [0.5, 0.6) is 0 Å². The lowest BCUT2D eigenvalue weighted by Crippen LogP contribution is -2.36. The van der Waals surface area contributed by atoms with E-state index in [1.165, 1.54) is 6.07 Å². The van der Waals surface area contributed by atoms with Gasteiger partial charge >= 0.3 is 5.97 Å². The Morgan fingerprint density at radius 3 is 2.76 bits per heavy atom. The third-order valence-corrected chi connectivity index (χ3v) is 3.97. The van der Waals surface area contributed by atoms with E-state index in [4.69, 9.17) is 0 Å². The topological polar surface area (TPSA) is 37.3 Å². The van der Waals surface area contributed by atoms with Crippen LogP contribution in [0.4, 0.5) is 4.39 Å². The lowest BCUT2D eigenvalue weighted by Gasteiger charge is -2.34. The molecule has 17 heavy (non-hydrogen) atoms. The van der Waals surface area contributed by atoms with Crippen molar-refractivity contribution in [1.82, 2.24) is 0 Å². The third kappa shape index (κ3) is 2.19. The molecule has 1 unspecified atom stereocenters. The molecule has 0 saturated carbocycles. The molecule has 0 amide bonds. The van der Waals surface area contributed by atoms with Gasteiger partial charge in [0.2, 0.25) is 0 Å². The standard InChI is InChI=1S/C14H17FO2/c1-14(2,13(16)17)11-5-3-9-4-6-12(15)8-10(9)7-11/h4,6,8,11H,3,5,7H2,1-2H3,(H,16,17). The summed E-state index contributed by atoms with van der Waals surface area (Å²) in [6, 6.07) is 4.83. The van der Waals surface area contributed by atoms with Crippen molar-refractivity contribution in [2.45, 2.75) is 33.1 Å². The van der Waals surface area contributed by atoms with Gasteiger partial charge < -0.3 is 5.11 Å². The van der Waals surface area contributed by atoms with E-state index in [0.717, 1.165) is 24.0 Å². The fourth-order valence-corrected chi connectivity index (χ4v) is 2.52. The first-order valence-electron chi connectivity index (χ1n) is 5.92. The Bertz CT molecular complexity index is 452. The average molecular weight is 236 g/mol. The second-order valence-corrected chi connectivity index (χ2v) is 5.38. The molecule has 0 heterocycles. The van der Waals surface area contributed by atoms with Gasteiger partial charge in [-0.05, 0) is 62.3 Å². The van der Waals surface area contributed by atoms with Gasteiger partial charge in [-0.1, -0.05) is 6.07 Å². The zero-order valence-electron chi connectivity index (χ0n) is 10.2. The number of aryl methyl sites for hydroxylation is 1. The van der Waals surface area contributed by atoms with E-state index < -0.39 is 11.4 Å². The van der Waals surface area contributed by atoms with E-state index in [9.17, 15) is 14.3 Å². The average Bonchev–Trinajstić information content (AvgIpc) is 2.27. The Labute approximate surface area is 100 Å². The van der Waals surface area contributed by atoms with Crippen molar-refractivity contribution < 1.29 is 14.3 Å². The molecule has 0 bridgehead atoms. The van der Waals surface area contributed by atoms with Crippen LogP contribution in [0.1, 0.15) is 31.4 Å². The van der Waals surface area contributed by atoms with Gasteiger partial charge in [-0.3, -0.25) is 4.79 Å². The molecule has 1 N–H and O–H groups in total. The third-order valence-electron chi connectivity index (χ3n) is 3.97. The molecule has 3 heteroatoms. The molecule has 2 rings (SSSR count). The van der Waals surface area contributed by atoms with Crippen molar-refractivity contribution >= 4 is 5.97 Å². The molecule has 0 saturated heterocycles. The molecule has 1 atom stereocenters. The van der Waals surface area contributed by atoms with Crippen molar-refractivity contribution in [2.24, 2.45) is 11.3 Å². The van der Waals surface area contributed by atoms with E-state index in [2.05, 4.69) is 0 Å². The van der Waals surface area contributed by atoms with Gasteiger partial charge in [-0.25, -0.2) is 4.39 Å². The highest BCUT2D eigenvalue weighted by Crippen LogP contribution is 2.38. The molecule has 1 aromatic rings. The Kier molecular flexibility index (Phi) is 2.94. The Morgan fingerprint density at radius 2 is 2.12 bits per heavy atom. The first kappa shape index (κ1) is 12.1. The largest absolute Gasteiger partial charge is 0.481 e. The summed E-state index contributed by atoms with van der Waals surface area (Å²) in [5.41, 5.74) is 1.38. The van der Waals surface area contributed by atoms with Crippen LogP contribution in [0, 0.1) is 17.2 Å². The van der Waals surface area contributed by atoms with Crippen LogP contribution in [0.3, 0.4) is 0 Å². The lowest BCUT2D eigenvalue weighted by atomic mass is 9.69. The summed E-state index contributed by atoms with van der Waals surface area (Å²) in [7, 11) is 0. The van der Waals surface area contributed by atoms with Crippen molar-refractivity contribution in [1.29, 1.82) is 0 Å². The van der Waals surface area contributed by atoms with Crippen LogP contribution in [0.25, 0.3) is 0 Å². The quantitative estimate of drug-likeness (QED) is 0.857. The normalized spacial score (nSPS) is 19.8. The molecule has 0 spiro atoms. The van der Waals surface area contributed by atoms with Gasteiger partial charge in [0.25, 0.3) is 0 Å². The summed E-state index contributed by atoms with van der Waals surface area (Å²) >= 11 is 0.